The SMILES string of the molecule is Cc1cc2c(cc1C(=O)N1CCC[C@H](Cn3ccnc3)C1)OCCO2. The van der Waals surface area contributed by atoms with E-state index in [0.717, 1.165) is 43.8 Å². The highest BCUT2D eigenvalue weighted by Gasteiger charge is 2.27. The molecule has 1 fully saturated rings. The van der Waals surface area contributed by atoms with Crippen molar-refractivity contribution in [1.29, 1.82) is 0 Å². The van der Waals surface area contributed by atoms with Gasteiger partial charge in [0.05, 0.1) is 6.33 Å². The van der Waals surface area contributed by atoms with Crippen LogP contribution in [0.15, 0.2) is 30.9 Å². The van der Waals surface area contributed by atoms with Crippen LogP contribution in [-0.4, -0.2) is 46.7 Å². The summed E-state index contributed by atoms with van der Waals surface area (Å²) in [5, 5.41) is 0. The van der Waals surface area contributed by atoms with E-state index in [1.54, 1.807) is 6.20 Å². The molecule has 0 saturated carbocycles. The molecule has 2 aliphatic rings. The number of ether oxygens (including phenoxy) is 2. The van der Waals surface area contributed by atoms with Gasteiger partial charge >= 0.3 is 0 Å². The fourth-order valence-electron chi connectivity index (χ4n) is 3.68. The molecule has 1 saturated heterocycles. The average Bonchev–Trinajstić information content (AvgIpc) is 3.14. The van der Waals surface area contributed by atoms with Gasteiger partial charge < -0.3 is 18.9 Å². The number of fused-ring (bicyclic) bond motifs is 1. The average molecular weight is 341 g/mol. The molecule has 4 rings (SSSR count). The number of likely N-dealkylation sites (tertiary alicyclic amines) is 1. The molecule has 2 aromatic rings. The zero-order valence-electron chi connectivity index (χ0n) is 14.5. The molecule has 3 heterocycles. The van der Waals surface area contributed by atoms with E-state index in [-0.39, 0.29) is 5.91 Å². The Balaban J connectivity index is 1.50. The fourth-order valence-corrected chi connectivity index (χ4v) is 3.68. The zero-order valence-corrected chi connectivity index (χ0v) is 14.5. The molecule has 0 unspecified atom stereocenters. The van der Waals surface area contributed by atoms with E-state index >= 15 is 0 Å². The number of carbonyl (C=O) groups excluding carboxylic acids is 1. The predicted octanol–water partition coefficient (Wildman–Crippen LogP) is 2.52. The van der Waals surface area contributed by atoms with Crippen LogP contribution in [0.3, 0.4) is 0 Å². The first kappa shape index (κ1) is 16.0. The second-order valence-corrected chi connectivity index (χ2v) is 6.83. The van der Waals surface area contributed by atoms with E-state index in [1.165, 1.54) is 0 Å². The van der Waals surface area contributed by atoms with Crippen LogP contribution < -0.4 is 9.47 Å². The number of amides is 1. The van der Waals surface area contributed by atoms with E-state index < -0.39 is 0 Å². The van der Waals surface area contributed by atoms with Gasteiger partial charge in [0.15, 0.2) is 11.5 Å². The van der Waals surface area contributed by atoms with Crippen molar-refractivity contribution in [2.24, 2.45) is 5.92 Å². The third kappa shape index (κ3) is 3.34. The van der Waals surface area contributed by atoms with E-state index in [4.69, 9.17) is 9.47 Å². The quantitative estimate of drug-likeness (QED) is 0.861. The first-order valence-electron chi connectivity index (χ1n) is 8.86. The van der Waals surface area contributed by atoms with Crippen molar-refractivity contribution < 1.29 is 14.3 Å². The third-order valence-electron chi connectivity index (χ3n) is 4.95. The lowest BCUT2D eigenvalue weighted by molar-refractivity contribution is 0.0660. The molecule has 6 nitrogen and oxygen atoms in total. The van der Waals surface area contributed by atoms with Gasteiger partial charge in [0.1, 0.15) is 13.2 Å². The molecular formula is C19H23N3O3. The van der Waals surface area contributed by atoms with Crippen LogP contribution in [-0.2, 0) is 6.54 Å². The van der Waals surface area contributed by atoms with Gasteiger partial charge in [0.2, 0.25) is 0 Å². The standard InChI is InChI=1S/C19H23N3O3/c1-14-9-17-18(25-8-7-24-17)10-16(14)19(23)22-5-2-3-15(12-22)11-21-6-4-20-13-21/h4,6,9-10,13,15H,2-3,5,7-8,11-12H2,1H3/t15-/m1/s1. The van der Waals surface area contributed by atoms with Gasteiger partial charge in [-0.2, -0.15) is 0 Å². The van der Waals surface area contributed by atoms with E-state index in [0.29, 0.717) is 30.4 Å². The van der Waals surface area contributed by atoms with Gasteiger partial charge in [-0.05, 0) is 43.4 Å². The number of rotatable bonds is 3. The van der Waals surface area contributed by atoms with Gasteiger partial charge in [-0.25, -0.2) is 4.98 Å². The van der Waals surface area contributed by atoms with Gasteiger partial charge in [-0.3, -0.25) is 4.79 Å². The molecule has 1 aromatic carbocycles. The van der Waals surface area contributed by atoms with Gasteiger partial charge in [0, 0.05) is 37.6 Å². The predicted molar refractivity (Wildman–Crippen MR) is 93.0 cm³/mol. The number of hydrogen-bond acceptors (Lipinski definition) is 4. The summed E-state index contributed by atoms with van der Waals surface area (Å²) >= 11 is 0. The van der Waals surface area contributed by atoms with E-state index in [2.05, 4.69) is 9.55 Å². The monoisotopic (exact) mass is 341 g/mol. The summed E-state index contributed by atoms with van der Waals surface area (Å²) < 4.78 is 13.3. The van der Waals surface area contributed by atoms with Gasteiger partial charge in [-0.1, -0.05) is 0 Å². The molecular weight excluding hydrogens is 318 g/mol. The molecule has 1 atom stereocenters. The number of hydrogen-bond donors (Lipinski definition) is 0. The van der Waals surface area contributed by atoms with Crippen molar-refractivity contribution in [3.8, 4) is 11.5 Å². The highest BCUT2D eigenvalue weighted by molar-refractivity contribution is 5.96. The molecule has 2 aliphatic heterocycles. The Morgan fingerprint density at radius 1 is 1.28 bits per heavy atom. The Morgan fingerprint density at radius 2 is 2.08 bits per heavy atom. The van der Waals surface area contributed by atoms with Crippen LogP contribution in [0.25, 0.3) is 0 Å². The molecule has 0 bridgehead atoms. The molecule has 1 aromatic heterocycles. The summed E-state index contributed by atoms with van der Waals surface area (Å²) in [5.41, 5.74) is 1.65. The van der Waals surface area contributed by atoms with Crippen molar-refractivity contribution in [2.75, 3.05) is 26.3 Å². The number of carbonyl (C=O) groups is 1. The van der Waals surface area contributed by atoms with Crippen molar-refractivity contribution in [3.63, 3.8) is 0 Å². The molecule has 0 N–H and O–H groups in total. The first-order valence-corrected chi connectivity index (χ1v) is 8.86. The number of imidazole rings is 1. The van der Waals surface area contributed by atoms with Crippen LogP contribution >= 0.6 is 0 Å². The smallest absolute Gasteiger partial charge is 0.254 e. The summed E-state index contributed by atoms with van der Waals surface area (Å²) in [6.07, 6.45) is 7.79. The molecule has 0 spiro atoms. The Labute approximate surface area is 147 Å². The summed E-state index contributed by atoms with van der Waals surface area (Å²) in [4.78, 5) is 19.1. The maximum absolute atomic E-state index is 13.1. The van der Waals surface area contributed by atoms with Crippen molar-refractivity contribution in [1.82, 2.24) is 14.5 Å². The minimum Gasteiger partial charge on any atom is -0.486 e. The Morgan fingerprint density at radius 3 is 2.84 bits per heavy atom. The first-order chi connectivity index (χ1) is 12.2. The maximum atomic E-state index is 13.1. The van der Waals surface area contributed by atoms with Crippen molar-refractivity contribution in [2.45, 2.75) is 26.3 Å². The minimum atomic E-state index is 0.0878. The van der Waals surface area contributed by atoms with Crippen LogP contribution in [0, 0.1) is 12.8 Å². The lowest BCUT2D eigenvalue weighted by Gasteiger charge is -2.33. The second-order valence-electron chi connectivity index (χ2n) is 6.83. The van der Waals surface area contributed by atoms with Crippen LogP contribution in [0.1, 0.15) is 28.8 Å². The van der Waals surface area contributed by atoms with E-state index in [9.17, 15) is 4.79 Å². The van der Waals surface area contributed by atoms with Crippen molar-refractivity contribution >= 4 is 5.91 Å². The maximum Gasteiger partial charge on any atom is 0.254 e. The van der Waals surface area contributed by atoms with E-state index in [1.807, 2.05) is 36.5 Å². The van der Waals surface area contributed by atoms with Crippen LogP contribution in [0.2, 0.25) is 0 Å². The normalized spacial score (nSPS) is 19.7. The van der Waals surface area contributed by atoms with Gasteiger partial charge in [0.25, 0.3) is 5.91 Å². The Bertz CT molecular complexity index is 758. The molecule has 132 valence electrons. The fraction of sp³-hybridized carbons (Fsp3) is 0.474. The van der Waals surface area contributed by atoms with Crippen LogP contribution in [0.4, 0.5) is 0 Å². The largest absolute Gasteiger partial charge is 0.486 e. The lowest BCUT2D eigenvalue weighted by atomic mass is 9.96. The van der Waals surface area contributed by atoms with Crippen LogP contribution in [0.5, 0.6) is 11.5 Å². The summed E-state index contributed by atoms with van der Waals surface area (Å²) in [6, 6.07) is 3.75. The number of aryl methyl sites for hydroxylation is 1. The summed E-state index contributed by atoms with van der Waals surface area (Å²) in [5.74, 6) is 1.96. The Hall–Kier alpha value is -2.50. The molecule has 0 radical (unpaired) electrons. The molecule has 0 aliphatic carbocycles. The summed E-state index contributed by atoms with van der Waals surface area (Å²) in [6.45, 7) is 5.54. The number of benzene rings is 1. The number of aromatic nitrogens is 2. The summed E-state index contributed by atoms with van der Waals surface area (Å²) in [7, 11) is 0. The highest BCUT2D eigenvalue weighted by Crippen LogP contribution is 2.34. The third-order valence-corrected chi connectivity index (χ3v) is 4.95. The highest BCUT2D eigenvalue weighted by atomic mass is 16.6. The number of piperidine rings is 1. The molecule has 25 heavy (non-hydrogen) atoms. The lowest BCUT2D eigenvalue weighted by Crippen LogP contribution is -2.41. The molecule has 1 amide bonds. The number of nitrogens with zero attached hydrogens (tertiary/aromatic N) is 3. The topological polar surface area (TPSA) is 56.6 Å². The zero-order chi connectivity index (χ0) is 17.2. The molecule has 6 heteroatoms. The van der Waals surface area contributed by atoms with Crippen molar-refractivity contribution in [3.05, 3.63) is 42.0 Å². The Kier molecular flexibility index (Phi) is 4.34. The second kappa shape index (κ2) is 6.78. The minimum absolute atomic E-state index is 0.0878. The van der Waals surface area contributed by atoms with Gasteiger partial charge in [-0.15, -0.1) is 0 Å².